The highest BCUT2D eigenvalue weighted by molar-refractivity contribution is 4.91. The van der Waals surface area contributed by atoms with E-state index in [1.165, 1.54) is 38.6 Å². The van der Waals surface area contributed by atoms with Crippen molar-refractivity contribution in [3.63, 3.8) is 0 Å². The smallest absolute Gasteiger partial charge is 0.00923 e. The first-order valence-corrected chi connectivity index (χ1v) is 7.53. The summed E-state index contributed by atoms with van der Waals surface area (Å²) in [6.07, 6.45) is 13.6. The third-order valence-electron chi connectivity index (χ3n) is 5.61. The Morgan fingerprint density at radius 1 is 0.938 bits per heavy atom. The minimum atomic E-state index is 0.924. The van der Waals surface area contributed by atoms with Gasteiger partial charge in [0, 0.05) is 12.6 Å². The van der Waals surface area contributed by atoms with Crippen molar-refractivity contribution in [3.05, 3.63) is 0 Å². The van der Waals surface area contributed by atoms with E-state index in [4.69, 9.17) is 0 Å². The lowest BCUT2D eigenvalue weighted by Crippen LogP contribution is -2.38. The minimum Gasteiger partial charge on any atom is -0.303 e. The van der Waals surface area contributed by atoms with Crippen molar-refractivity contribution in [1.82, 2.24) is 4.90 Å². The average molecular weight is 221 g/mol. The normalized spacial score (nSPS) is 39.8. The molecule has 0 aliphatic heterocycles. The maximum Gasteiger partial charge on any atom is 0.00923 e. The third kappa shape index (κ3) is 2.16. The van der Waals surface area contributed by atoms with E-state index in [2.05, 4.69) is 11.9 Å². The van der Waals surface area contributed by atoms with E-state index in [1.807, 2.05) is 0 Å². The van der Waals surface area contributed by atoms with Crippen LogP contribution in [0.3, 0.4) is 0 Å². The fraction of sp³-hybridized carbons (Fsp3) is 1.00. The van der Waals surface area contributed by atoms with E-state index in [-0.39, 0.29) is 0 Å². The molecule has 1 nitrogen and oxygen atoms in total. The van der Waals surface area contributed by atoms with Crippen LogP contribution in [0.5, 0.6) is 0 Å². The molecule has 0 saturated heterocycles. The van der Waals surface area contributed by atoms with Crippen LogP contribution in [0.4, 0.5) is 0 Å². The van der Waals surface area contributed by atoms with Crippen LogP contribution >= 0.6 is 0 Å². The predicted molar refractivity (Wildman–Crippen MR) is 68.4 cm³/mol. The molecule has 0 aromatic carbocycles. The topological polar surface area (TPSA) is 3.24 Å². The van der Waals surface area contributed by atoms with E-state index in [0.717, 1.165) is 23.8 Å². The molecule has 0 spiro atoms. The molecular formula is C15H27N. The fourth-order valence-electron chi connectivity index (χ4n) is 4.64. The molecule has 3 unspecified atom stereocenters. The van der Waals surface area contributed by atoms with Gasteiger partial charge in [0.25, 0.3) is 0 Å². The van der Waals surface area contributed by atoms with Gasteiger partial charge in [0.1, 0.15) is 0 Å². The first kappa shape index (κ1) is 11.1. The van der Waals surface area contributed by atoms with Crippen LogP contribution in [0.15, 0.2) is 0 Å². The summed E-state index contributed by atoms with van der Waals surface area (Å²) in [5.41, 5.74) is 0. The van der Waals surface area contributed by atoms with Gasteiger partial charge in [0.05, 0.1) is 0 Å². The largest absolute Gasteiger partial charge is 0.303 e. The van der Waals surface area contributed by atoms with E-state index in [9.17, 15) is 0 Å². The summed E-state index contributed by atoms with van der Waals surface area (Å²) in [5, 5.41) is 0. The number of hydrogen-bond donors (Lipinski definition) is 0. The molecule has 3 fully saturated rings. The van der Waals surface area contributed by atoms with Gasteiger partial charge in [-0.1, -0.05) is 25.7 Å². The average Bonchev–Trinajstić information content (AvgIpc) is 2.92. The molecule has 0 amide bonds. The Hall–Kier alpha value is -0.0400. The number of rotatable bonds is 3. The molecule has 3 aliphatic carbocycles. The van der Waals surface area contributed by atoms with Crippen LogP contribution in [0, 0.1) is 17.8 Å². The molecule has 3 atom stereocenters. The summed E-state index contributed by atoms with van der Waals surface area (Å²) in [6, 6.07) is 0.924. The summed E-state index contributed by atoms with van der Waals surface area (Å²) in [7, 11) is 2.39. The zero-order valence-electron chi connectivity index (χ0n) is 10.8. The standard InChI is InChI=1S/C15H27N/c1-16(15-5-3-2-4-6-15)11-14-10-12-7-8-13(14)9-12/h12-15H,2-11H2,1H3. The summed E-state index contributed by atoms with van der Waals surface area (Å²) in [5.74, 6) is 3.29. The van der Waals surface area contributed by atoms with Crippen molar-refractivity contribution in [2.24, 2.45) is 17.8 Å². The molecule has 0 aromatic heterocycles. The van der Waals surface area contributed by atoms with Crippen LogP contribution in [-0.4, -0.2) is 24.5 Å². The number of fused-ring (bicyclic) bond motifs is 2. The quantitative estimate of drug-likeness (QED) is 0.702. The second-order valence-electron chi connectivity index (χ2n) is 6.67. The van der Waals surface area contributed by atoms with E-state index < -0.39 is 0 Å². The second kappa shape index (κ2) is 4.68. The molecule has 92 valence electrons. The minimum absolute atomic E-state index is 0.924. The summed E-state index contributed by atoms with van der Waals surface area (Å²) in [4.78, 5) is 2.71. The fourth-order valence-corrected chi connectivity index (χ4v) is 4.64. The lowest BCUT2D eigenvalue weighted by atomic mass is 9.87. The van der Waals surface area contributed by atoms with Gasteiger partial charge < -0.3 is 4.90 Å². The molecule has 0 N–H and O–H groups in total. The van der Waals surface area contributed by atoms with Gasteiger partial charge in [-0.05, 0) is 56.9 Å². The monoisotopic (exact) mass is 221 g/mol. The van der Waals surface area contributed by atoms with Crippen LogP contribution in [0.2, 0.25) is 0 Å². The zero-order chi connectivity index (χ0) is 11.0. The molecule has 16 heavy (non-hydrogen) atoms. The third-order valence-corrected chi connectivity index (χ3v) is 5.61. The molecule has 1 heteroatoms. The maximum atomic E-state index is 2.71. The second-order valence-corrected chi connectivity index (χ2v) is 6.67. The van der Waals surface area contributed by atoms with Crippen LogP contribution in [0.1, 0.15) is 57.8 Å². The van der Waals surface area contributed by atoms with Gasteiger partial charge in [0.2, 0.25) is 0 Å². The van der Waals surface area contributed by atoms with E-state index >= 15 is 0 Å². The summed E-state index contributed by atoms with van der Waals surface area (Å²) < 4.78 is 0. The van der Waals surface area contributed by atoms with Gasteiger partial charge in [-0.15, -0.1) is 0 Å². The Labute approximate surface area is 101 Å². The molecule has 2 bridgehead atoms. The molecular weight excluding hydrogens is 194 g/mol. The van der Waals surface area contributed by atoms with Crippen molar-refractivity contribution in [1.29, 1.82) is 0 Å². The zero-order valence-corrected chi connectivity index (χ0v) is 10.8. The molecule has 0 heterocycles. The van der Waals surface area contributed by atoms with Gasteiger partial charge in [-0.3, -0.25) is 0 Å². The lowest BCUT2D eigenvalue weighted by molar-refractivity contribution is 0.144. The number of nitrogens with zero attached hydrogens (tertiary/aromatic N) is 1. The summed E-state index contributed by atoms with van der Waals surface area (Å²) >= 11 is 0. The molecule has 3 rings (SSSR count). The first-order valence-electron chi connectivity index (χ1n) is 7.53. The molecule has 0 aromatic rings. The Kier molecular flexibility index (Phi) is 3.24. The first-order chi connectivity index (χ1) is 7.83. The lowest BCUT2D eigenvalue weighted by Gasteiger charge is -2.35. The Morgan fingerprint density at radius 3 is 2.38 bits per heavy atom. The van der Waals surface area contributed by atoms with Crippen LogP contribution < -0.4 is 0 Å². The summed E-state index contributed by atoms with van der Waals surface area (Å²) in [6.45, 7) is 1.41. The highest BCUT2D eigenvalue weighted by Gasteiger charge is 2.40. The Bertz CT molecular complexity index is 232. The maximum absolute atomic E-state index is 2.71. The van der Waals surface area contributed by atoms with Crippen molar-refractivity contribution in [2.45, 2.75) is 63.8 Å². The van der Waals surface area contributed by atoms with Gasteiger partial charge in [0.15, 0.2) is 0 Å². The molecule has 3 saturated carbocycles. The van der Waals surface area contributed by atoms with Gasteiger partial charge in [-0.2, -0.15) is 0 Å². The van der Waals surface area contributed by atoms with Crippen LogP contribution in [-0.2, 0) is 0 Å². The van der Waals surface area contributed by atoms with Crippen molar-refractivity contribution in [3.8, 4) is 0 Å². The predicted octanol–water partition coefficient (Wildman–Crippen LogP) is 3.69. The van der Waals surface area contributed by atoms with Crippen molar-refractivity contribution < 1.29 is 0 Å². The molecule has 0 radical (unpaired) electrons. The van der Waals surface area contributed by atoms with Crippen molar-refractivity contribution >= 4 is 0 Å². The van der Waals surface area contributed by atoms with Gasteiger partial charge >= 0.3 is 0 Å². The Morgan fingerprint density at radius 2 is 1.75 bits per heavy atom. The molecule has 3 aliphatic rings. The van der Waals surface area contributed by atoms with E-state index in [1.54, 1.807) is 25.7 Å². The number of hydrogen-bond acceptors (Lipinski definition) is 1. The van der Waals surface area contributed by atoms with Crippen molar-refractivity contribution in [2.75, 3.05) is 13.6 Å². The van der Waals surface area contributed by atoms with Gasteiger partial charge in [-0.25, -0.2) is 0 Å². The highest BCUT2D eigenvalue weighted by Crippen LogP contribution is 2.48. The SMILES string of the molecule is CN(CC1CC2CCC1C2)C1CCCCC1. The van der Waals surface area contributed by atoms with Crippen LogP contribution in [0.25, 0.3) is 0 Å². The Balaban J connectivity index is 1.50. The van der Waals surface area contributed by atoms with E-state index in [0.29, 0.717) is 0 Å². The highest BCUT2D eigenvalue weighted by atomic mass is 15.1.